The molecule has 0 atom stereocenters. The third-order valence-corrected chi connectivity index (χ3v) is 6.44. The van der Waals surface area contributed by atoms with Gasteiger partial charge in [-0.2, -0.15) is 43.9 Å². The second-order valence-electron chi connectivity index (χ2n) is 4.60. The standard InChI is InChI=1S/C10H14F10O2Si/c1-3-23(4-2,21-5-7(11,12)9(15,16)17)22-6-8(13,14)10(18,19)20/h3-6H2,1-2H3. The average molecular weight is 384 g/mol. The number of hydrogen-bond acceptors (Lipinski definition) is 2. The highest BCUT2D eigenvalue weighted by atomic mass is 28.4. The minimum Gasteiger partial charge on any atom is -0.387 e. The van der Waals surface area contributed by atoms with E-state index in [0.29, 0.717) is 0 Å². The number of alkyl halides is 10. The van der Waals surface area contributed by atoms with Crippen LogP contribution in [0.5, 0.6) is 0 Å². The van der Waals surface area contributed by atoms with Crippen LogP contribution in [0.25, 0.3) is 0 Å². The lowest BCUT2D eigenvalue weighted by Crippen LogP contribution is -2.51. The van der Waals surface area contributed by atoms with E-state index < -0.39 is 46.0 Å². The zero-order valence-corrected chi connectivity index (χ0v) is 12.9. The monoisotopic (exact) mass is 384 g/mol. The largest absolute Gasteiger partial charge is 0.455 e. The van der Waals surface area contributed by atoms with Gasteiger partial charge in [-0.25, -0.2) is 0 Å². The Kier molecular flexibility index (Phi) is 6.96. The first-order valence-corrected chi connectivity index (χ1v) is 8.43. The second kappa shape index (κ2) is 7.13. The quantitative estimate of drug-likeness (QED) is 0.438. The molecule has 0 aliphatic heterocycles. The fourth-order valence-electron chi connectivity index (χ4n) is 1.31. The van der Waals surface area contributed by atoms with Crippen molar-refractivity contribution in [2.75, 3.05) is 13.2 Å². The Morgan fingerprint density at radius 1 is 0.609 bits per heavy atom. The topological polar surface area (TPSA) is 18.5 Å². The Morgan fingerprint density at radius 3 is 1.04 bits per heavy atom. The summed E-state index contributed by atoms with van der Waals surface area (Å²) < 4.78 is 132. The normalized spacial score (nSPS) is 15.1. The molecule has 0 saturated carbocycles. The highest BCUT2D eigenvalue weighted by molar-refractivity contribution is 6.67. The van der Waals surface area contributed by atoms with E-state index in [4.69, 9.17) is 0 Å². The maximum absolute atomic E-state index is 12.8. The molecule has 0 spiro atoms. The third kappa shape index (κ3) is 5.78. The van der Waals surface area contributed by atoms with Crippen LogP contribution in [-0.2, 0) is 8.85 Å². The number of rotatable bonds is 8. The lowest BCUT2D eigenvalue weighted by molar-refractivity contribution is -0.296. The molecule has 0 aliphatic carbocycles. The molecule has 13 heteroatoms. The van der Waals surface area contributed by atoms with Crippen molar-refractivity contribution in [1.82, 2.24) is 0 Å². The summed E-state index contributed by atoms with van der Waals surface area (Å²) in [6.07, 6.45) is -11.9. The summed E-state index contributed by atoms with van der Waals surface area (Å²) in [4.78, 5) is 0. The van der Waals surface area contributed by atoms with E-state index in [1.165, 1.54) is 13.8 Å². The summed E-state index contributed by atoms with van der Waals surface area (Å²) in [5.74, 6) is -10.5. The van der Waals surface area contributed by atoms with Crippen LogP contribution in [0.2, 0.25) is 12.1 Å². The lowest BCUT2D eigenvalue weighted by Gasteiger charge is -2.32. The summed E-state index contributed by atoms with van der Waals surface area (Å²) in [5, 5.41) is 0. The molecule has 0 saturated heterocycles. The van der Waals surface area contributed by atoms with E-state index in [0.717, 1.165) is 0 Å². The first-order chi connectivity index (χ1) is 10.0. The van der Waals surface area contributed by atoms with Crippen LogP contribution in [0.3, 0.4) is 0 Å². The van der Waals surface area contributed by atoms with Gasteiger partial charge >= 0.3 is 32.8 Å². The molecule has 0 radical (unpaired) electrons. The van der Waals surface area contributed by atoms with Gasteiger partial charge in [0.15, 0.2) is 0 Å². The Hall–Kier alpha value is -0.563. The Morgan fingerprint density at radius 2 is 0.870 bits per heavy atom. The van der Waals surface area contributed by atoms with E-state index in [-0.39, 0.29) is 12.1 Å². The van der Waals surface area contributed by atoms with Crippen molar-refractivity contribution in [2.24, 2.45) is 0 Å². The molecule has 0 heterocycles. The molecule has 0 aromatic heterocycles. The molecule has 0 aromatic carbocycles. The summed E-state index contributed by atoms with van der Waals surface area (Å²) >= 11 is 0. The van der Waals surface area contributed by atoms with Gasteiger partial charge < -0.3 is 8.85 Å². The van der Waals surface area contributed by atoms with Crippen LogP contribution in [0.1, 0.15) is 13.8 Å². The Bertz CT molecular complexity index is 343. The minimum atomic E-state index is -5.94. The minimum absolute atomic E-state index is 0.384. The molecule has 0 fully saturated rings. The van der Waals surface area contributed by atoms with Gasteiger partial charge in [-0.3, -0.25) is 0 Å². The van der Waals surface area contributed by atoms with Gasteiger partial charge in [0.1, 0.15) is 13.2 Å². The molecule has 0 bridgehead atoms. The molecule has 140 valence electrons. The van der Waals surface area contributed by atoms with Crippen molar-refractivity contribution in [1.29, 1.82) is 0 Å². The molecule has 0 N–H and O–H groups in total. The highest BCUT2D eigenvalue weighted by Gasteiger charge is 2.60. The Balaban J connectivity index is 5.03. The molecular formula is C10H14F10O2Si. The van der Waals surface area contributed by atoms with Crippen LogP contribution < -0.4 is 0 Å². The van der Waals surface area contributed by atoms with Gasteiger partial charge in [0.25, 0.3) is 0 Å². The molecule has 23 heavy (non-hydrogen) atoms. The summed E-state index contributed by atoms with van der Waals surface area (Å²) in [5.41, 5.74) is 0. The van der Waals surface area contributed by atoms with E-state index in [9.17, 15) is 43.9 Å². The maximum atomic E-state index is 12.8. The van der Waals surface area contributed by atoms with Gasteiger partial charge in [-0.15, -0.1) is 0 Å². The SMILES string of the molecule is CC[Si](CC)(OCC(F)(F)C(F)(F)F)OCC(F)(F)C(F)(F)F. The van der Waals surface area contributed by atoms with Gasteiger partial charge in [0, 0.05) is 0 Å². The van der Waals surface area contributed by atoms with E-state index in [2.05, 4.69) is 8.85 Å². The molecule has 0 rings (SSSR count). The van der Waals surface area contributed by atoms with E-state index >= 15 is 0 Å². The summed E-state index contributed by atoms with van der Waals surface area (Å²) in [6.45, 7) is -2.07. The van der Waals surface area contributed by atoms with Crippen LogP contribution in [0.15, 0.2) is 0 Å². The number of halogens is 10. The van der Waals surface area contributed by atoms with Gasteiger partial charge in [-0.1, -0.05) is 13.8 Å². The molecule has 0 aliphatic rings. The van der Waals surface area contributed by atoms with Crippen LogP contribution in [0, 0.1) is 0 Å². The van der Waals surface area contributed by atoms with Crippen molar-refractivity contribution in [3.63, 3.8) is 0 Å². The average Bonchev–Trinajstić information content (AvgIpc) is 2.37. The van der Waals surface area contributed by atoms with Crippen molar-refractivity contribution in [3.05, 3.63) is 0 Å². The Labute approximate surface area is 126 Å². The highest BCUT2D eigenvalue weighted by Crippen LogP contribution is 2.39. The van der Waals surface area contributed by atoms with Crippen molar-refractivity contribution < 1.29 is 52.8 Å². The molecule has 0 amide bonds. The van der Waals surface area contributed by atoms with Crippen molar-refractivity contribution in [3.8, 4) is 0 Å². The predicted octanol–water partition coefficient (Wildman–Crippen LogP) is 4.90. The van der Waals surface area contributed by atoms with Crippen molar-refractivity contribution in [2.45, 2.75) is 50.1 Å². The molecule has 2 nitrogen and oxygen atoms in total. The third-order valence-electron chi connectivity index (χ3n) is 2.94. The summed E-state index contributed by atoms with van der Waals surface area (Å²) in [6, 6.07) is -0.767. The van der Waals surface area contributed by atoms with Crippen molar-refractivity contribution >= 4 is 8.56 Å². The predicted molar refractivity (Wildman–Crippen MR) is 60.6 cm³/mol. The fraction of sp³-hybridized carbons (Fsp3) is 1.00. The summed E-state index contributed by atoms with van der Waals surface area (Å²) in [7, 11) is -4.08. The van der Waals surface area contributed by atoms with E-state index in [1.54, 1.807) is 0 Å². The first-order valence-electron chi connectivity index (χ1n) is 6.20. The number of hydrogen-bond donors (Lipinski definition) is 0. The fourth-order valence-corrected chi connectivity index (χ4v) is 3.60. The lowest BCUT2D eigenvalue weighted by atomic mass is 10.3. The van der Waals surface area contributed by atoms with Crippen LogP contribution in [-0.4, -0.2) is 46.0 Å². The molecular weight excluding hydrogens is 370 g/mol. The van der Waals surface area contributed by atoms with Gasteiger partial charge in [0.2, 0.25) is 0 Å². The smallest absolute Gasteiger partial charge is 0.387 e. The maximum Gasteiger partial charge on any atom is 0.455 e. The second-order valence-corrected chi connectivity index (χ2v) is 8.41. The first kappa shape index (κ1) is 22.4. The van der Waals surface area contributed by atoms with Gasteiger partial charge in [0.05, 0.1) is 0 Å². The molecule has 0 aromatic rings. The molecule has 0 unspecified atom stereocenters. The van der Waals surface area contributed by atoms with Crippen LogP contribution in [0.4, 0.5) is 43.9 Å². The van der Waals surface area contributed by atoms with Gasteiger partial charge in [-0.05, 0) is 12.1 Å². The van der Waals surface area contributed by atoms with E-state index in [1.807, 2.05) is 0 Å². The zero-order valence-electron chi connectivity index (χ0n) is 11.9. The zero-order chi connectivity index (χ0) is 18.7. The van der Waals surface area contributed by atoms with Crippen LogP contribution >= 0.6 is 0 Å².